The van der Waals surface area contributed by atoms with E-state index in [-0.39, 0.29) is 17.4 Å². The Hall–Kier alpha value is -0.448. The summed E-state index contributed by atoms with van der Waals surface area (Å²) in [5.41, 5.74) is 0. The largest absolute Gasteiger partial charge is 0.508 e. The molecule has 0 aliphatic carbocycles. The van der Waals surface area contributed by atoms with Crippen LogP contribution in [-0.4, -0.2) is 22.5 Å². The van der Waals surface area contributed by atoms with Crippen molar-refractivity contribution in [2.45, 2.75) is 0 Å². The molecule has 0 unspecified atom stereocenters. The van der Waals surface area contributed by atoms with Crippen molar-refractivity contribution < 1.29 is 5.11 Å². The van der Waals surface area contributed by atoms with Gasteiger partial charge in [0, 0.05) is 0 Å². The SMILES string of the molecule is Oc1ccccc1.[AlH3]. The van der Waals surface area contributed by atoms with E-state index in [0.717, 1.165) is 0 Å². The topological polar surface area (TPSA) is 20.2 Å². The number of phenolic OH excluding ortho intramolecular Hbond substituents is 1. The zero-order valence-electron chi connectivity index (χ0n) is 3.83. The van der Waals surface area contributed by atoms with E-state index in [0.29, 0.717) is 5.75 Å². The van der Waals surface area contributed by atoms with Gasteiger partial charge in [-0.3, -0.25) is 0 Å². The molecule has 1 nitrogen and oxygen atoms in total. The van der Waals surface area contributed by atoms with Crippen molar-refractivity contribution >= 4 is 17.4 Å². The first-order valence-corrected chi connectivity index (χ1v) is 2.13. The lowest BCUT2D eigenvalue weighted by Crippen LogP contribution is -1.56. The van der Waals surface area contributed by atoms with Crippen LogP contribution in [0.3, 0.4) is 0 Å². The number of rotatable bonds is 0. The van der Waals surface area contributed by atoms with Crippen LogP contribution in [0.5, 0.6) is 5.75 Å². The van der Waals surface area contributed by atoms with Gasteiger partial charge in [-0.1, -0.05) is 18.2 Å². The fourth-order valence-electron chi connectivity index (χ4n) is 0.428. The van der Waals surface area contributed by atoms with Crippen molar-refractivity contribution in [1.82, 2.24) is 0 Å². The third-order valence-electron chi connectivity index (χ3n) is 0.756. The lowest BCUT2D eigenvalue weighted by atomic mass is 10.3. The van der Waals surface area contributed by atoms with Crippen molar-refractivity contribution in [1.29, 1.82) is 0 Å². The van der Waals surface area contributed by atoms with Crippen LogP contribution in [0.25, 0.3) is 0 Å². The Morgan fingerprint density at radius 3 is 1.75 bits per heavy atom. The molecular formula is C6H9AlO. The van der Waals surface area contributed by atoms with Crippen LogP contribution < -0.4 is 0 Å². The predicted octanol–water partition coefficient (Wildman–Crippen LogP) is 0.208. The number of hydrogen-bond acceptors (Lipinski definition) is 1. The molecule has 1 aromatic carbocycles. The number of hydrogen-bond donors (Lipinski definition) is 1. The van der Waals surface area contributed by atoms with E-state index in [4.69, 9.17) is 5.11 Å². The predicted molar refractivity (Wildman–Crippen MR) is 38.0 cm³/mol. The minimum Gasteiger partial charge on any atom is -0.508 e. The summed E-state index contributed by atoms with van der Waals surface area (Å²) in [4.78, 5) is 0. The third kappa shape index (κ3) is 2.02. The lowest BCUT2D eigenvalue weighted by Gasteiger charge is -1.82. The molecule has 0 saturated carbocycles. The summed E-state index contributed by atoms with van der Waals surface area (Å²) < 4.78 is 0. The maximum Gasteiger partial charge on any atom is 0.187 e. The molecule has 1 aromatic rings. The molecule has 0 amide bonds. The number of phenols is 1. The van der Waals surface area contributed by atoms with Crippen LogP contribution >= 0.6 is 0 Å². The maximum atomic E-state index is 8.63. The zero-order chi connectivity index (χ0) is 5.11. The standard InChI is InChI=1S/C6H6O.Al.3H/c7-6-4-2-1-3-5-6;;;;/h1-5,7H;;;;. The minimum atomic E-state index is 0. The van der Waals surface area contributed by atoms with Gasteiger partial charge in [0.1, 0.15) is 5.75 Å². The minimum absolute atomic E-state index is 0. The van der Waals surface area contributed by atoms with Gasteiger partial charge in [0.2, 0.25) is 0 Å². The summed E-state index contributed by atoms with van der Waals surface area (Å²) in [6.45, 7) is 0. The Kier molecular flexibility index (Phi) is 3.34. The molecular weight excluding hydrogens is 115 g/mol. The molecule has 8 heavy (non-hydrogen) atoms. The first-order valence-electron chi connectivity index (χ1n) is 2.13. The van der Waals surface area contributed by atoms with Gasteiger partial charge < -0.3 is 5.11 Å². The normalized spacial score (nSPS) is 7.50. The second-order valence-electron chi connectivity index (χ2n) is 1.34. The van der Waals surface area contributed by atoms with E-state index in [1.807, 2.05) is 6.07 Å². The summed E-state index contributed by atoms with van der Waals surface area (Å²) in [7, 11) is 0. The van der Waals surface area contributed by atoms with Crippen molar-refractivity contribution in [3.05, 3.63) is 30.3 Å². The van der Waals surface area contributed by atoms with E-state index in [1.54, 1.807) is 24.3 Å². The summed E-state index contributed by atoms with van der Waals surface area (Å²) in [5.74, 6) is 0.322. The highest BCUT2D eigenvalue weighted by Gasteiger charge is 1.74. The van der Waals surface area contributed by atoms with Crippen LogP contribution in [0.1, 0.15) is 0 Å². The smallest absolute Gasteiger partial charge is 0.187 e. The highest BCUT2D eigenvalue weighted by molar-refractivity contribution is 5.75. The monoisotopic (exact) mass is 124 g/mol. The van der Waals surface area contributed by atoms with Gasteiger partial charge in [-0.25, -0.2) is 0 Å². The van der Waals surface area contributed by atoms with Crippen molar-refractivity contribution in [3.8, 4) is 5.75 Å². The van der Waals surface area contributed by atoms with Crippen molar-refractivity contribution in [3.63, 3.8) is 0 Å². The fourth-order valence-corrected chi connectivity index (χ4v) is 0.428. The first kappa shape index (κ1) is 7.55. The molecule has 1 N–H and O–H groups in total. The molecule has 0 spiro atoms. The summed E-state index contributed by atoms with van der Waals surface area (Å²) in [5, 5.41) is 8.63. The third-order valence-corrected chi connectivity index (χ3v) is 0.756. The lowest BCUT2D eigenvalue weighted by molar-refractivity contribution is 0.475. The Morgan fingerprint density at radius 1 is 1.00 bits per heavy atom. The van der Waals surface area contributed by atoms with E-state index in [2.05, 4.69) is 0 Å². The molecule has 42 valence electrons. The van der Waals surface area contributed by atoms with Gasteiger partial charge in [0.25, 0.3) is 0 Å². The number of para-hydroxylation sites is 1. The molecule has 0 radical (unpaired) electrons. The molecule has 0 bridgehead atoms. The van der Waals surface area contributed by atoms with Gasteiger partial charge in [0.05, 0.1) is 0 Å². The molecule has 2 heteroatoms. The molecule has 0 aliphatic rings. The molecule has 0 aliphatic heterocycles. The number of benzene rings is 1. The molecule has 0 atom stereocenters. The molecule has 1 rings (SSSR count). The van der Waals surface area contributed by atoms with Crippen LogP contribution in [0, 0.1) is 0 Å². The highest BCUT2D eigenvalue weighted by atomic mass is 27.0. The fraction of sp³-hybridized carbons (Fsp3) is 0. The Morgan fingerprint density at radius 2 is 1.50 bits per heavy atom. The van der Waals surface area contributed by atoms with Gasteiger partial charge in [-0.15, -0.1) is 0 Å². The second-order valence-corrected chi connectivity index (χ2v) is 1.34. The first-order chi connectivity index (χ1) is 3.39. The Labute approximate surface area is 59.1 Å². The van der Waals surface area contributed by atoms with E-state index < -0.39 is 0 Å². The van der Waals surface area contributed by atoms with E-state index >= 15 is 0 Å². The summed E-state index contributed by atoms with van der Waals surface area (Å²) in [6.07, 6.45) is 0. The zero-order valence-corrected chi connectivity index (χ0v) is 3.83. The van der Waals surface area contributed by atoms with Crippen LogP contribution in [0.15, 0.2) is 30.3 Å². The van der Waals surface area contributed by atoms with E-state index in [9.17, 15) is 0 Å². The quantitative estimate of drug-likeness (QED) is 0.490. The molecule has 0 fully saturated rings. The summed E-state index contributed by atoms with van der Waals surface area (Å²) >= 11 is 0. The van der Waals surface area contributed by atoms with Gasteiger partial charge in [-0.2, -0.15) is 0 Å². The average Bonchev–Trinajstić information content (AvgIpc) is 1.69. The average molecular weight is 124 g/mol. The summed E-state index contributed by atoms with van der Waals surface area (Å²) in [6, 6.07) is 8.71. The molecule has 0 heterocycles. The Balaban J connectivity index is 0.000000490. The maximum absolute atomic E-state index is 8.63. The number of aromatic hydroxyl groups is 1. The second kappa shape index (κ2) is 3.54. The molecule has 0 aromatic heterocycles. The van der Waals surface area contributed by atoms with Crippen molar-refractivity contribution in [2.24, 2.45) is 0 Å². The Bertz CT molecular complexity index is 138. The molecule has 0 saturated heterocycles. The van der Waals surface area contributed by atoms with Gasteiger partial charge in [-0.05, 0) is 12.1 Å². The van der Waals surface area contributed by atoms with Gasteiger partial charge >= 0.3 is 0 Å². The van der Waals surface area contributed by atoms with Gasteiger partial charge in [0.15, 0.2) is 17.4 Å². The van der Waals surface area contributed by atoms with E-state index in [1.165, 1.54) is 0 Å². The van der Waals surface area contributed by atoms with Crippen molar-refractivity contribution in [2.75, 3.05) is 0 Å². The van der Waals surface area contributed by atoms with Crippen LogP contribution in [-0.2, 0) is 0 Å². The van der Waals surface area contributed by atoms with Crippen LogP contribution in [0.2, 0.25) is 0 Å². The van der Waals surface area contributed by atoms with Crippen LogP contribution in [0.4, 0.5) is 0 Å². The highest BCUT2D eigenvalue weighted by Crippen LogP contribution is 2.02.